The molecule has 8 nitrogen and oxygen atoms in total. The van der Waals surface area contributed by atoms with E-state index in [0.29, 0.717) is 17.6 Å². The number of benzene rings is 1. The van der Waals surface area contributed by atoms with Crippen LogP contribution in [0.3, 0.4) is 0 Å². The van der Waals surface area contributed by atoms with E-state index in [0.717, 1.165) is 32.6 Å². The van der Waals surface area contributed by atoms with Gasteiger partial charge in [-0.15, -0.1) is 0 Å². The maximum Gasteiger partial charge on any atom is 0.167 e. The number of likely N-dealkylation sites (tertiary alicyclic amines) is 1. The maximum absolute atomic E-state index is 14.6. The van der Waals surface area contributed by atoms with Gasteiger partial charge in [0.25, 0.3) is 0 Å². The SMILES string of the molecule is CCN1CCC[C@H]1CN1C(N)N(CC2CCCCC2)C(N)N(c2ccc(OC)c(F)c2)C1N. The number of halogens is 1. The van der Waals surface area contributed by atoms with Crippen LogP contribution in [0.4, 0.5) is 10.1 Å². The summed E-state index contributed by atoms with van der Waals surface area (Å²) in [6, 6.07) is 5.32. The zero-order chi connectivity index (χ0) is 23.5. The molecule has 6 N–H and O–H groups in total. The average Bonchev–Trinajstić information content (AvgIpc) is 3.28. The van der Waals surface area contributed by atoms with Crippen LogP contribution in [0.1, 0.15) is 51.9 Å². The monoisotopic (exact) mass is 463 g/mol. The lowest BCUT2D eigenvalue weighted by Crippen LogP contribution is -2.79. The largest absolute Gasteiger partial charge is 0.494 e. The first kappa shape index (κ1) is 24.6. The van der Waals surface area contributed by atoms with Crippen molar-refractivity contribution < 1.29 is 9.13 Å². The summed E-state index contributed by atoms with van der Waals surface area (Å²) in [7, 11) is 1.46. The van der Waals surface area contributed by atoms with Crippen LogP contribution in [-0.4, -0.2) is 72.9 Å². The van der Waals surface area contributed by atoms with Crippen molar-refractivity contribution in [2.24, 2.45) is 23.1 Å². The van der Waals surface area contributed by atoms with Gasteiger partial charge < -0.3 is 15.4 Å². The molecule has 2 saturated heterocycles. The molecular formula is C24H42FN7O. The van der Waals surface area contributed by atoms with Crippen molar-refractivity contribution in [2.75, 3.05) is 38.2 Å². The van der Waals surface area contributed by atoms with E-state index in [1.807, 2.05) is 11.0 Å². The van der Waals surface area contributed by atoms with Gasteiger partial charge in [-0.25, -0.2) is 14.2 Å². The van der Waals surface area contributed by atoms with Gasteiger partial charge in [0.05, 0.1) is 7.11 Å². The number of hydrogen-bond donors (Lipinski definition) is 3. The summed E-state index contributed by atoms with van der Waals surface area (Å²) >= 11 is 0. The molecule has 3 unspecified atom stereocenters. The predicted molar refractivity (Wildman–Crippen MR) is 130 cm³/mol. The average molecular weight is 464 g/mol. The highest BCUT2D eigenvalue weighted by Crippen LogP contribution is 2.33. The number of hydrogen-bond acceptors (Lipinski definition) is 8. The zero-order valence-corrected chi connectivity index (χ0v) is 20.2. The lowest BCUT2D eigenvalue weighted by molar-refractivity contribution is -0.0758. The van der Waals surface area contributed by atoms with Crippen LogP contribution < -0.4 is 26.8 Å². The Morgan fingerprint density at radius 1 is 0.939 bits per heavy atom. The molecule has 0 aromatic heterocycles. The second kappa shape index (κ2) is 10.8. The Balaban J connectivity index is 1.63. The van der Waals surface area contributed by atoms with Gasteiger partial charge in [0.1, 0.15) is 18.9 Å². The van der Waals surface area contributed by atoms with E-state index in [-0.39, 0.29) is 12.0 Å². The minimum atomic E-state index is -0.551. The third-order valence-corrected chi connectivity index (χ3v) is 7.88. The fraction of sp³-hybridized carbons (Fsp3) is 0.750. The van der Waals surface area contributed by atoms with E-state index >= 15 is 0 Å². The van der Waals surface area contributed by atoms with Gasteiger partial charge in [0, 0.05) is 30.9 Å². The number of nitrogens with two attached hydrogens (primary N) is 3. The van der Waals surface area contributed by atoms with E-state index in [1.54, 1.807) is 6.07 Å². The van der Waals surface area contributed by atoms with E-state index in [4.69, 9.17) is 21.9 Å². The summed E-state index contributed by atoms with van der Waals surface area (Å²) < 4.78 is 19.7. The van der Waals surface area contributed by atoms with Crippen LogP contribution in [-0.2, 0) is 0 Å². The second-order valence-electron chi connectivity index (χ2n) is 9.79. The molecule has 3 aliphatic rings. The van der Waals surface area contributed by atoms with Gasteiger partial charge in [-0.3, -0.25) is 16.4 Å². The number of methoxy groups -OCH3 is 1. The Labute approximate surface area is 197 Å². The van der Waals surface area contributed by atoms with Crippen LogP contribution in [0.15, 0.2) is 18.2 Å². The molecular weight excluding hydrogens is 421 g/mol. The molecule has 1 aliphatic carbocycles. The first-order valence-electron chi connectivity index (χ1n) is 12.6. The molecule has 0 radical (unpaired) electrons. The minimum Gasteiger partial charge on any atom is -0.494 e. The lowest BCUT2D eigenvalue weighted by Gasteiger charge is -2.56. The van der Waals surface area contributed by atoms with Gasteiger partial charge in [0.15, 0.2) is 11.6 Å². The molecule has 4 rings (SSSR count). The number of anilines is 1. The van der Waals surface area contributed by atoms with Crippen LogP contribution in [0.25, 0.3) is 0 Å². The van der Waals surface area contributed by atoms with Crippen LogP contribution >= 0.6 is 0 Å². The molecule has 33 heavy (non-hydrogen) atoms. The topological polar surface area (TPSA) is 100 Å². The standard InChI is InChI=1S/C24H42FN7O/c1-3-29-13-7-10-19(29)16-31-22(26)30(15-17-8-5-4-6-9-17)23(27)32(24(31)28)18-11-12-21(33-2)20(25)14-18/h11-12,14,17,19,22-24H,3-10,13,15-16,26-28H2,1-2H3/t19-,22?,23?,24?/m0/s1. The van der Waals surface area contributed by atoms with Crippen molar-refractivity contribution in [2.45, 2.75) is 76.8 Å². The van der Waals surface area contributed by atoms with Crippen molar-refractivity contribution in [3.8, 4) is 5.75 Å². The molecule has 1 aromatic rings. The Morgan fingerprint density at radius 3 is 2.27 bits per heavy atom. The van der Waals surface area contributed by atoms with Crippen molar-refractivity contribution in [3.63, 3.8) is 0 Å². The summed E-state index contributed by atoms with van der Waals surface area (Å²) in [5.74, 6) is 0.345. The smallest absolute Gasteiger partial charge is 0.167 e. The summed E-state index contributed by atoms with van der Waals surface area (Å²) in [5.41, 5.74) is 21.1. The summed E-state index contributed by atoms with van der Waals surface area (Å²) in [6.07, 6.45) is 7.08. The molecule has 0 amide bonds. The molecule has 1 saturated carbocycles. The Hall–Kier alpha value is -1.49. The molecule has 2 aliphatic heterocycles. The summed E-state index contributed by atoms with van der Waals surface area (Å²) in [4.78, 5) is 8.70. The maximum atomic E-state index is 14.6. The van der Waals surface area contributed by atoms with Gasteiger partial charge >= 0.3 is 0 Å². The highest BCUT2D eigenvalue weighted by atomic mass is 19.1. The van der Waals surface area contributed by atoms with E-state index in [1.165, 1.54) is 51.7 Å². The number of likely N-dealkylation sites (N-methyl/N-ethyl adjacent to an activating group) is 1. The quantitative estimate of drug-likeness (QED) is 0.565. The number of nitrogens with zero attached hydrogens (tertiary/aromatic N) is 4. The van der Waals surface area contributed by atoms with Crippen molar-refractivity contribution in [1.29, 1.82) is 0 Å². The van der Waals surface area contributed by atoms with E-state index in [9.17, 15) is 4.39 Å². The molecule has 4 atom stereocenters. The normalized spacial score (nSPS) is 30.8. The van der Waals surface area contributed by atoms with Gasteiger partial charge in [0.2, 0.25) is 0 Å². The van der Waals surface area contributed by atoms with E-state index in [2.05, 4.69) is 21.6 Å². The summed E-state index contributed by atoms with van der Waals surface area (Å²) in [6.45, 7) is 5.91. The Bertz CT molecular complexity index is 777. The number of ether oxygens (including phenoxy) is 1. The molecule has 2 heterocycles. The lowest BCUT2D eigenvalue weighted by atomic mass is 9.89. The predicted octanol–water partition coefficient (Wildman–Crippen LogP) is 2.05. The fourth-order valence-electron chi connectivity index (χ4n) is 5.96. The number of rotatable bonds is 7. The molecule has 186 valence electrons. The molecule has 3 fully saturated rings. The fourth-order valence-corrected chi connectivity index (χ4v) is 5.96. The van der Waals surface area contributed by atoms with Crippen LogP contribution in [0.2, 0.25) is 0 Å². The summed E-state index contributed by atoms with van der Waals surface area (Å²) in [5, 5.41) is 0. The van der Waals surface area contributed by atoms with Crippen molar-refractivity contribution in [1.82, 2.24) is 14.7 Å². The van der Waals surface area contributed by atoms with Crippen molar-refractivity contribution in [3.05, 3.63) is 24.0 Å². The van der Waals surface area contributed by atoms with Gasteiger partial charge in [-0.1, -0.05) is 26.2 Å². The molecule has 0 spiro atoms. The minimum absolute atomic E-state index is 0.204. The van der Waals surface area contributed by atoms with Gasteiger partial charge in [-0.05, 0) is 56.8 Å². The van der Waals surface area contributed by atoms with E-state index < -0.39 is 18.4 Å². The molecule has 0 bridgehead atoms. The third-order valence-electron chi connectivity index (χ3n) is 7.88. The molecule has 9 heteroatoms. The second-order valence-corrected chi connectivity index (χ2v) is 9.79. The van der Waals surface area contributed by atoms with Crippen LogP contribution in [0, 0.1) is 11.7 Å². The first-order chi connectivity index (χ1) is 15.9. The highest BCUT2D eigenvalue weighted by molar-refractivity contribution is 5.51. The Morgan fingerprint density at radius 2 is 1.64 bits per heavy atom. The highest BCUT2D eigenvalue weighted by Gasteiger charge is 2.44. The third kappa shape index (κ3) is 5.13. The zero-order valence-electron chi connectivity index (χ0n) is 20.2. The van der Waals surface area contributed by atoms with Gasteiger partial charge in [-0.2, -0.15) is 0 Å². The Kier molecular flexibility index (Phi) is 8.09. The first-order valence-corrected chi connectivity index (χ1v) is 12.6. The molecule has 1 aromatic carbocycles. The van der Waals surface area contributed by atoms with Crippen LogP contribution in [0.5, 0.6) is 5.75 Å². The van der Waals surface area contributed by atoms with Crippen molar-refractivity contribution >= 4 is 5.69 Å².